The van der Waals surface area contributed by atoms with Crippen LogP contribution >= 0.6 is 0 Å². The molecule has 0 aliphatic rings. The molecule has 40 heavy (non-hydrogen) atoms. The lowest BCUT2D eigenvalue weighted by molar-refractivity contribution is 0.249. The van der Waals surface area contributed by atoms with E-state index in [-0.39, 0.29) is 0 Å². The molecule has 244 valence electrons. The van der Waals surface area contributed by atoms with Gasteiger partial charge >= 0.3 is 17.6 Å². The minimum Gasteiger partial charge on any atom is -0.417 e. The van der Waals surface area contributed by atoms with E-state index >= 15 is 0 Å². The van der Waals surface area contributed by atoms with Gasteiger partial charge in [0.05, 0.1) is 0 Å². The van der Waals surface area contributed by atoms with Crippen molar-refractivity contribution in [1.82, 2.24) is 0 Å². The lowest BCUT2D eigenvalue weighted by Crippen LogP contribution is -2.60. The molecule has 0 aliphatic carbocycles. The lowest BCUT2D eigenvalue weighted by Gasteiger charge is -2.43. The van der Waals surface area contributed by atoms with E-state index in [9.17, 15) is 0 Å². The van der Waals surface area contributed by atoms with Crippen molar-refractivity contribution in [3.05, 3.63) is 0 Å². The maximum absolute atomic E-state index is 6.53. The first-order chi connectivity index (χ1) is 17.4. The fourth-order valence-corrected chi connectivity index (χ4v) is 33.2. The Hall–Kier alpha value is 1.42. The standard InChI is InChI=1S/2C12H35NO3Si4/c2*1-17(2,3)14-20(12-10-11-13,15-18(4,5)6)16-19(7,8)9/h2*10-13H2,1-9H3. The second kappa shape index (κ2) is 16.6. The van der Waals surface area contributed by atoms with Crippen LogP contribution in [0.1, 0.15) is 12.8 Å². The van der Waals surface area contributed by atoms with Crippen LogP contribution in [0, 0.1) is 0 Å². The van der Waals surface area contributed by atoms with Crippen LogP contribution in [0.25, 0.3) is 0 Å². The van der Waals surface area contributed by atoms with E-state index in [0.717, 1.165) is 24.9 Å². The molecule has 0 fully saturated rings. The molecule has 0 aromatic carbocycles. The Labute approximate surface area is 258 Å². The van der Waals surface area contributed by atoms with Gasteiger partial charge in [0.2, 0.25) is 0 Å². The molecule has 0 rings (SSSR count). The second-order valence-electron chi connectivity index (χ2n) is 16.4. The van der Waals surface area contributed by atoms with Crippen LogP contribution < -0.4 is 11.5 Å². The Kier molecular flexibility index (Phi) is 18.1. The number of rotatable bonds is 18. The van der Waals surface area contributed by atoms with Crippen molar-refractivity contribution < 1.29 is 24.7 Å². The number of nitrogens with two attached hydrogens (primary N) is 2. The summed E-state index contributed by atoms with van der Waals surface area (Å²) in [7, 11) is -15.6. The highest BCUT2D eigenvalue weighted by molar-refractivity contribution is 6.91. The van der Waals surface area contributed by atoms with Crippen molar-refractivity contribution in [2.24, 2.45) is 11.5 Å². The highest BCUT2D eigenvalue weighted by atomic mass is 28.5. The van der Waals surface area contributed by atoms with Crippen molar-refractivity contribution >= 4 is 67.5 Å². The molecule has 8 nitrogen and oxygen atoms in total. The van der Waals surface area contributed by atoms with E-state index in [1.54, 1.807) is 0 Å². The summed E-state index contributed by atoms with van der Waals surface area (Å²) in [4.78, 5) is 0. The highest BCUT2D eigenvalue weighted by Gasteiger charge is 2.50. The van der Waals surface area contributed by atoms with E-state index in [0.29, 0.717) is 13.1 Å². The zero-order valence-corrected chi connectivity index (χ0v) is 37.8. The third-order valence-electron chi connectivity index (χ3n) is 4.14. The van der Waals surface area contributed by atoms with Gasteiger partial charge < -0.3 is 36.2 Å². The predicted octanol–water partition coefficient (Wildman–Crippen LogP) is 7.66. The van der Waals surface area contributed by atoms with E-state index in [4.69, 9.17) is 36.2 Å². The quantitative estimate of drug-likeness (QED) is 0.140. The van der Waals surface area contributed by atoms with Crippen LogP contribution in [-0.2, 0) is 24.7 Å². The van der Waals surface area contributed by atoms with Crippen LogP contribution in [0.4, 0.5) is 0 Å². The van der Waals surface area contributed by atoms with Crippen molar-refractivity contribution in [1.29, 1.82) is 0 Å². The Morgan fingerprint density at radius 2 is 0.475 bits per heavy atom. The van der Waals surface area contributed by atoms with Gasteiger partial charge in [0.25, 0.3) is 0 Å². The first-order valence-electron chi connectivity index (χ1n) is 15.0. The zero-order chi connectivity index (χ0) is 32.5. The van der Waals surface area contributed by atoms with E-state index in [1.807, 2.05) is 0 Å². The largest absolute Gasteiger partial charge is 0.469 e. The van der Waals surface area contributed by atoms with Gasteiger partial charge in [0, 0.05) is 12.1 Å². The normalized spacial score (nSPS) is 14.7. The molecule has 0 aliphatic heterocycles. The molecule has 0 aromatic heterocycles. The van der Waals surface area contributed by atoms with E-state index in [1.165, 1.54) is 0 Å². The van der Waals surface area contributed by atoms with E-state index in [2.05, 4.69) is 118 Å². The summed E-state index contributed by atoms with van der Waals surface area (Å²) in [6.45, 7) is 41.0. The van der Waals surface area contributed by atoms with Crippen molar-refractivity contribution in [2.75, 3.05) is 13.1 Å². The second-order valence-corrected chi connectivity index (χ2v) is 50.4. The van der Waals surface area contributed by atoms with Crippen molar-refractivity contribution in [2.45, 2.75) is 143 Å². The Balaban J connectivity index is 0. The molecule has 0 saturated heterocycles. The number of hydrogen-bond acceptors (Lipinski definition) is 8. The summed E-state index contributed by atoms with van der Waals surface area (Å²) in [5.41, 5.74) is 11.4. The molecule has 0 unspecified atom stereocenters. The molecular formula is C24H70N2O6Si8. The molecule has 0 heterocycles. The first kappa shape index (κ1) is 43.5. The maximum atomic E-state index is 6.53. The Bertz CT molecular complexity index is 568. The topological polar surface area (TPSA) is 107 Å². The molecule has 0 radical (unpaired) electrons. The van der Waals surface area contributed by atoms with Crippen molar-refractivity contribution in [3.8, 4) is 0 Å². The molecule has 0 amide bonds. The molecule has 0 saturated carbocycles. The van der Waals surface area contributed by atoms with Gasteiger partial charge in [0.15, 0.2) is 49.9 Å². The Morgan fingerprint density at radius 1 is 0.325 bits per heavy atom. The van der Waals surface area contributed by atoms with Crippen LogP contribution in [0.2, 0.25) is 130 Å². The first-order valence-corrected chi connectivity index (χ1v) is 39.3. The Morgan fingerprint density at radius 3 is 0.575 bits per heavy atom. The third-order valence-corrected chi connectivity index (χ3v) is 28.2. The van der Waals surface area contributed by atoms with Crippen LogP contribution in [-0.4, -0.2) is 80.6 Å². The van der Waals surface area contributed by atoms with Crippen LogP contribution in [0.5, 0.6) is 0 Å². The summed E-state index contributed by atoms with van der Waals surface area (Å²) >= 11 is 0. The van der Waals surface area contributed by atoms with Crippen LogP contribution in [0.3, 0.4) is 0 Å². The smallest absolute Gasteiger partial charge is 0.417 e. The van der Waals surface area contributed by atoms with Gasteiger partial charge in [-0.2, -0.15) is 0 Å². The lowest BCUT2D eigenvalue weighted by atomic mass is 10.5. The summed E-state index contributed by atoms with van der Waals surface area (Å²) in [5.74, 6) is 0. The fraction of sp³-hybridized carbons (Fsp3) is 1.00. The summed E-state index contributed by atoms with van der Waals surface area (Å²) in [5, 5.41) is 0. The molecular weight excluding hydrogens is 637 g/mol. The van der Waals surface area contributed by atoms with E-state index < -0.39 is 67.5 Å². The molecule has 4 N–H and O–H groups in total. The summed E-state index contributed by atoms with van der Waals surface area (Å²) in [6.07, 6.45) is 1.82. The minimum atomic E-state index is -2.62. The van der Waals surface area contributed by atoms with Crippen LogP contribution in [0.15, 0.2) is 0 Å². The van der Waals surface area contributed by atoms with Gasteiger partial charge in [-0.3, -0.25) is 0 Å². The molecule has 0 spiro atoms. The third kappa shape index (κ3) is 25.9. The van der Waals surface area contributed by atoms with Gasteiger partial charge in [-0.15, -0.1) is 0 Å². The summed E-state index contributed by atoms with van der Waals surface area (Å²) in [6, 6.07) is 1.70. The van der Waals surface area contributed by atoms with Crippen molar-refractivity contribution in [3.63, 3.8) is 0 Å². The fourth-order valence-electron chi connectivity index (χ4n) is 3.87. The monoisotopic (exact) mass is 706 g/mol. The highest BCUT2D eigenvalue weighted by Crippen LogP contribution is 2.31. The number of hydrogen-bond donors (Lipinski definition) is 2. The summed E-state index contributed by atoms with van der Waals surface area (Å²) < 4.78 is 39.2. The average Bonchev–Trinajstić information content (AvgIpc) is 2.56. The van der Waals surface area contributed by atoms with Gasteiger partial charge in [0.1, 0.15) is 0 Å². The molecule has 16 heteroatoms. The van der Waals surface area contributed by atoms with Gasteiger partial charge in [-0.1, -0.05) is 0 Å². The van der Waals surface area contributed by atoms with Gasteiger partial charge in [-0.05, 0) is 144 Å². The predicted molar refractivity (Wildman–Crippen MR) is 195 cm³/mol. The maximum Gasteiger partial charge on any atom is 0.469 e. The molecule has 0 atom stereocenters. The van der Waals surface area contributed by atoms with Gasteiger partial charge in [-0.25, -0.2) is 0 Å². The zero-order valence-electron chi connectivity index (χ0n) is 29.8. The molecule has 0 bridgehead atoms. The average molecular weight is 708 g/mol. The SMILES string of the molecule is C[Si](C)(C)O[Si](CCCN)(O[Si](C)(C)C)O[Si](C)(C)C.C[Si](C)(C)O[Si](CCCN)(O[Si](C)(C)C)O[Si](C)(C)C. The molecule has 0 aromatic rings. The minimum absolute atomic E-state index is 0.661.